The summed E-state index contributed by atoms with van der Waals surface area (Å²) in [5, 5.41) is 0.835. The van der Waals surface area contributed by atoms with Crippen molar-refractivity contribution in [3.05, 3.63) is 28.8 Å². The van der Waals surface area contributed by atoms with Gasteiger partial charge < -0.3 is 0 Å². The molecule has 1 rings (SSSR count). The smallest absolute Gasteiger partial charge is 0.0409 e. The van der Waals surface area contributed by atoms with E-state index in [0.717, 1.165) is 11.4 Å². The molecule has 0 nitrogen and oxygen atoms in total. The third-order valence-corrected chi connectivity index (χ3v) is 3.04. The van der Waals surface area contributed by atoms with E-state index < -0.39 is 0 Å². The van der Waals surface area contributed by atoms with Gasteiger partial charge in [0.05, 0.1) is 0 Å². The minimum atomic E-state index is 0.315. The minimum absolute atomic E-state index is 0.315. The molecule has 0 aliphatic rings. The van der Waals surface area contributed by atoms with Crippen LogP contribution in [0.2, 0.25) is 5.02 Å². The molecule has 0 aliphatic heterocycles. The Labute approximate surface area is 96.0 Å². The molecule has 0 spiro atoms. The van der Waals surface area contributed by atoms with Crippen LogP contribution in [0.1, 0.15) is 26.3 Å². The summed E-state index contributed by atoms with van der Waals surface area (Å²) in [4.78, 5) is 1.34. The lowest BCUT2D eigenvalue weighted by Gasteiger charge is -2.20. The van der Waals surface area contributed by atoms with Crippen LogP contribution in [-0.2, 0) is 6.42 Å². The van der Waals surface area contributed by atoms with Gasteiger partial charge in [0.2, 0.25) is 0 Å². The van der Waals surface area contributed by atoms with E-state index in [4.69, 9.17) is 11.6 Å². The molecule has 0 amide bonds. The molecule has 0 heterocycles. The van der Waals surface area contributed by atoms with Crippen molar-refractivity contribution in [3.63, 3.8) is 0 Å². The molecule has 0 atom stereocenters. The maximum Gasteiger partial charge on any atom is 0.0409 e. The number of rotatable bonds is 2. The maximum atomic E-state index is 5.99. The van der Waals surface area contributed by atoms with Gasteiger partial charge in [-0.25, -0.2) is 0 Å². The Hall–Kier alpha value is -0.140. The van der Waals surface area contributed by atoms with Crippen molar-refractivity contribution in [2.75, 3.05) is 6.26 Å². The van der Waals surface area contributed by atoms with Gasteiger partial charge in [0.25, 0.3) is 0 Å². The van der Waals surface area contributed by atoms with Crippen LogP contribution in [0.3, 0.4) is 0 Å². The Kier molecular flexibility index (Phi) is 3.91. The van der Waals surface area contributed by atoms with Gasteiger partial charge in [0.1, 0.15) is 0 Å². The van der Waals surface area contributed by atoms with Crippen LogP contribution < -0.4 is 0 Å². The largest absolute Gasteiger partial charge is 0.129 e. The molecule has 0 bridgehead atoms. The topological polar surface area (TPSA) is 0 Å². The second-order valence-electron chi connectivity index (χ2n) is 4.69. The molecule has 0 saturated heterocycles. The summed E-state index contributed by atoms with van der Waals surface area (Å²) in [6.45, 7) is 6.74. The summed E-state index contributed by atoms with van der Waals surface area (Å²) in [6.07, 6.45) is 3.18. The van der Waals surface area contributed by atoms with Gasteiger partial charge in [-0.15, -0.1) is 11.8 Å². The lowest BCUT2D eigenvalue weighted by Crippen LogP contribution is -2.09. The van der Waals surface area contributed by atoms with Crippen LogP contribution in [0.4, 0.5) is 0 Å². The maximum absolute atomic E-state index is 5.99. The average Bonchev–Trinajstić information content (AvgIpc) is 2.01. The SMILES string of the molecule is CSc1ccc(Cl)cc1CC(C)(C)C. The number of hydrogen-bond acceptors (Lipinski definition) is 1. The Morgan fingerprint density at radius 1 is 1.29 bits per heavy atom. The normalized spacial score (nSPS) is 11.8. The van der Waals surface area contributed by atoms with E-state index in [9.17, 15) is 0 Å². The van der Waals surface area contributed by atoms with Crippen molar-refractivity contribution in [1.29, 1.82) is 0 Å². The van der Waals surface area contributed by atoms with E-state index >= 15 is 0 Å². The fraction of sp³-hybridized carbons (Fsp3) is 0.500. The van der Waals surface area contributed by atoms with Crippen molar-refractivity contribution < 1.29 is 0 Å². The number of thioether (sulfide) groups is 1. The van der Waals surface area contributed by atoms with E-state index in [1.807, 2.05) is 6.07 Å². The van der Waals surface area contributed by atoms with Crippen molar-refractivity contribution in [2.45, 2.75) is 32.1 Å². The van der Waals surface area contributed by atoms with Crippen LogP contribution in [0.25, 0.3) is 0 Å². The molecule has 2 heteroatoms. The van der Waals surface area contributed by atoms with E-state index in [-0.39, 0.29) is 0 Å². The molecule has 14 heavy (non-hydrogen) atoms. The summed E-state index contributed by atoms with van der Waals surface area (Å²) in [5.74, 6) is 0. The van der Waals surface area contributed by atoms with Gasteiger partial charge in [-0.3, -0.25) is 0 Å². The van der Waals surface area contributed by atoms with E-state index in [1.165, 1.54) is 10.5 Å². The number of benzene rings is 1. The van der Waals surface area contributed by atoms with E-state index in [1.54, 1.807) is 11.8 Å². The zero-order chi connectivity index (χ0) is 10.8. The third kappa shape index (κ3) is 3.55. The fourth-order valence-electron chi connectivity index (χ4n) is 1.46. The average molecular weight is 229 g/mol. The zero-order valence-corrected chi connectivity index (χ0v) is 10.8. The molecular formula is C12H17ClS. The van der Waals surface area contributed by atoms with Crippen molar-refractivity contribution in [1.82, 2.24) is 0 Å². The van der Waals surface area contributed by atoms with Gasteiger partial charge in [-0.05, 0) is 41.9 Å². The highest BCUT2D eigenvalue weighted by atomic mass is 35.5. The van der Waals surface area contributed by atoms with Crippen LogP contribution in [0, 0.1) is 5.41 Å². The standard InChI is InChI=1S/C12H17ClS/c1-12(2,3)8-9-7-10(13)5-6-11(9)14-4/h5-7H,8H2,1-4H3. The fourth-order valence-corrected chi connectivity index (χ4v) is 2.25. The molecule has 1 aromatic rings. The number of halogens is 1. The first kappa shape index (κ1) is 11.9. The predicted molar refractivity (Wildman–Crippen MR) is 66.4 cm³/mol. The molecule has 1 aromatic carbocycles. The summed E-state index contributed by atoms with van der Waals surface area (Å²) in [6, 6.07) is 6.15. The molecule has 0 fully saturated rings. The van der Waals surface area contributed by atoms with Crippen molar-refractivity contribution in [2.24, 2.45) is 5.41 Å². The lowest BCUT2D eigenvalue weighted by molar-refractivity contribution is 0.408. The first-order valence-electron chi connectivity index (χ1n) is 4.75. The quantitative estimate of drug-likeness (QED) is 0.664. The second kappa shape index (κ2) is 4.59. The Morgan fingerprint density at radius 2 is 1.93 bits per heavy atom. The van der Waals surface area contributed by atoms with Crippen LogP contribution in [0.15, 0.2) is 23.1 Å². The molecule has 0 saturated carbocycles. The Morgan fingerprint density at radius 3 is 2.43 bits per heavy atom. The molecule has 0 N–H and O–H groups in total. The summed E-state index contributed by atoms with van der Waals surface area (Å²) in [5.41, 5.74) is 1.67. The van der Waals surface area contributed by atoms with Gasteiger partial charge >= 0.3 is 0 Å². The molecular weight excluding hydrogens is 212 g/mol. The van der Waals surface area contributed by atoms with E-state index in [2.05, 4.69) is 39.2 Å². The van der Waals surface area contributed by atoms with E-state index in [0.29, 0.717) is 5.41 Å². The van der Waals surface area contributed by atoms with Crippen LogP contribution in [-0.4, -0.2) is 6.26 Å². The summed E-state index contributed by atoms with van der Waals surface area (Å²) >= 11 is 7.78. The van der Waals surface area contributed by atoms with Gasteiger partial charge in [-0.1, -0.05) is 32.4 Å². The van der Waals surface area contributed by atoms with Crippen molar-refractivity contribution in [3.8, 4) is 0 Å². The summed E-state index contributed by atoms with van der Waals surface area (Å²) < 4.78 is 0. The highest BCUT2D eigenvalue weighted by molar-refractivity contribution is 7.98. The first-order valence-corrected chi connectivity index (χ1v) is 6.35. The minimum Gasteiger partial charge on any atom is -0.129 e. The predicted octanol–water partition coefficient (Wildman–Crippen LogP) is 4.65. The lowest BCUT2D eigenvalue weighted by atomic mass is 9.88. The first-order chi connectivity index (χ1) is 6.42. The zero-order valence-electron chi connectivity index (χ0n) is 9.23. The Balaban J connectivity index is 2.99. The van der Waals surface area contributed by atoms with Crippen LogP contribution >= 0.6 is 23.4 Å². The van der Waals surface area contributed by atoms with Crippen molar-refractivity contribution >= 4 is 23.4 Å². The molecule has 0 radical (unpaired) electrons. The third-order valence-electron chi connectivity index (χ3n) is 1.96. The Bertz CT molecular complexity index is 313. The highest BCUT2D eigenvalue weighted by Crippen LogP contribution is 2.29. The molecule has 0 aromatic heterocycles. The molecule has 78 valence electrons. The molecule has 0 unspecified atom stereocenters. The summed E-state index contributed by atoms with van der Waals surface area (Å²) in [7, 11) is 0. The van der Waals surface area contributed by atoms with Gasteiger partial charge in [0, 0.05) is 9.92 Å². The number of hydrogen-bond donors (Lipinski definition) is 0. The second-order valence-corrected chi connectivity index (χ2v) is 5.98. The molecule has 0 aliphatic carbocycles. The van der Waals surface area contributed by atoms with Crippen LogP contribution in [0.5, 0.6) is 0 Å². The monoisotopic (exact) mass is 228 g/mol. The van der Waals surface area contributed by atoms with Gasteiger partial charge in [0.15, 0.2) is 0 Å². The van der Waals surface area contributed by atoms with Gasteiger partial charge in [-0.2, -0.15) is 0 Å². The highest BCUT2D eigenvalue weighted by Gasteiger charge is 2.14.